The summed E-state index contributed by atoms with van der Waals surface area (Å²) >= 11 is 1.39. The third-order valence-electron chi connectivity index (χ3n) is 3.16. The number of hydrogen-bond donors (Lipinski definition) is 0. The molecule has 0 saturated carbocycles. The first-order valence-electron chi connectivity index (χ1n) is 6.56. The van der Waals surface area contributed by atoms with Gasteiger partial charge in [0.25, 0.3) is 5.69 Å². The Morgan fingerprint density at radius 1 is 1.23 bits per heavy atom. The predicted molar refractivity (Wildman–Crippen MR) is 85.9 cm³/mol. The lowest BCUT2D eigenvalue weighted by molar-refractivity contribution is -0.385. The quantitative estimate of drug-likeness (QED) is 0.350. The number of hydrogen-bond acceptors (Lipinski definition) is 5. The number of thioether (sulfide) groups is 1. The van der Waals surface area contributed by atoms with E-state index in [0.717, 1.165) is 10.6 Å². The van der Waals surface area contributed by atoms with Crippen LogP contribution in [-0.2, 0) is 0 Å². The van der Waals surface area contributed by atoms with Gasteiger partial charge in [-0.2, -0.15) is 0 Å². The molecule has 0 atom stereocenters. The number of nitro groups is 1. The predicted octanol–water partition coefficient (Wildman–Crippen LogP) is 3.89. The van der Waals surface area contributed by atoms with Crippen molar-refractivity contribution < 1.29 is 14.5 Å². The Morgan fingerprint density at radius 3 is 2.50 bits per heavy atom. The summed E-state index contributed by atoms with van der Waals surface area (Å²) in [6.45, 7) is 1.65. The van der Waals surface area contributed by atoms with Crippen molar-refractivity contribution in [3.05, 3.63) is 63.7 Å². The molecule has 0 saturated heterocycles. The minimum atomic E-state index is -0.470. The van der Waals surface area contributed by atoms with Crippen molar-refractivity contribution in [3.8, 4) is 5.75 Å². The standard InChI is InChI=1S/C16H15NO4S/c1-11-3-4-12(9-15(11)17(19)20)16(18)10-22-14-7-5-13(21-2)6-8-14/h3-9H,10H2,1-2H3. The molecule has 0 aliphatic heterocycles. The zero-order chi connectivity index (χ0) is 16.1. The maximum Gasteiger partial charge on any atom is 0.273 e. The molecule has 0 aliphatic rings. The van der Waals surface area contributed by atoms with Gasteiger partial charge in [0.15, 0.2) is 5.78 Å². The van der Waals surface area contributed by atoms with Crippen LogP contribution in [0, 0.1) is 17.0 Å². The van der Waals surface area contributed by atoms with E-state index in [-0.39, 0.29) is 17.2 Å². The van der Waals surface area contributed by atoms with E-state index < -0.39 is 4.92 Å². The van der Waals surface area contributed by atoms with Crippen LogP contribution < -0.4 is 4.74 Å². The number of aryl methyl sites for hydroxylation is 1. The molecule has 0 aromatic heterocycles. The van der Waals surface area contributed by atoms with E-state index in [1.165, 1.54) is 17.8 Å². The first kappa shape index (κ1) is 16.0. The van der Waals surface area contributed by atoms with Gasteiger partial charge >= 0.3 is 0 Å². The van der Waals surface area contributed by atoms with Crippen LogP contribution in [0.25, 0.3) is 0 Å². The molecule has 6 heteroatoms. The lowest BCUT2D eigenvalue weighted by Crippen LogP contribution is -2.04. The molecule has 114 valence electrons. The number of Topliss-reactive ketones (excluding diaryl/α,β-unsaturated/α-hetero) is 1. The SMILES string of the molecule is COc1ccc(SCC(=O)c2ccc(C)c([N+](=O)[O-])c2)cc1. The van der Waals surface area contributed by atoms with Gasteiger partial charge in [-0.25, -0.2) is 0 Å². The maximum absolute atomic E-state index is 12.2. The third-order valence-corrected chi connectivity index (χ3v) is 4.17. The van der Waals surface area contributed by atoms with Crippen LogP contribution in [0.2, 0.25) is 0 Å². The number of nitrogens with zero attached hydrogens (tertiary/aromatic N) is 1. The number of methoxy groups -OCH3 is 1. The van der Waals surface area contributed by atoms with Gasteiger partial charge in [0.1, 0.15) is 5.75 Å². The van der Waals surface area contributed by atoms with E-state index in [4.69, 9.17) is 4.74 Å². The summed E-state index contributed by atoms with van der Waals surface area (Å²) < 4.78 is 5.07. The molecule has 0 radical (unpaired) electrons. The molecular formula is C16H15NO4S. The smallest absolute Gasteiger partial charge is 0.273 e. The summed E-state index contributed by atoms with van der Waals surface area (Å²) in [6.07, 6.45) is 0. The van der Waals surface area contributed by atoms with Crippen molar-refractivity contribution in [1.82, 2.24) is 0 Å². The number of ketones is 1. The van der Waals surface area contributed by atoms with Crippen LogP contribution in [0.3, 0.4) is 0 Å². The van der Waals surface area contributed by atoms with Gasteiger partial charge in [-0.1, -0.05) is 12.1 Å². The van der Waals surface area contributed by atoms with Crippen molar-refractivity contribution in [2.24, 2.45) is 0 Å². The van der Waals surface area contributed by atoms with E-state index in [9.17, 15) is 14.9 Å². The van der Waals surface area contributed by atoms with E-state index in [1.54, 1.807) is 26.2 Å². The molecular weight excluding hydrogens is 302 g/mol. The molecule has 5 nitrogen and oxygen atoms in total. The highest BCUT2D eigenvalue weighted by Gasteiger charge is 2.15. The number of rotatable bonds is 6. The fourth-order valence-electron chi connectivity index (χ4n) is 1.88. The summed E-state index contributed by atoms with van der Waals surface area (Å²) in [7, 11) is 1.59. The van der Waals surface area contributed by atoms with Gasteiger partial charge in [-0.05, 0) is 31.2 Å². The molecule has 2 aromatic rings. The number of carbonyl (C=O) groups excluding carboxylic acids is 1. The highest BCUT2D eigenvalue weighted by molar-refractivity contribution is 8.00. The topological polar surface area (TPSA) is 69.4 Å². The largest absolute Gasteiger partial charge is 0.497 e. The number of benzene rings is 2. The van der Waals surface area contributed by atoms with Crippen LogP contribution in [0.15, 0.2) is 47.4 Å². The Labute approximate surface area is 132 Å². The molecule has 0 N–H and O–H groups in total. The second-order valence-corrected chi connectivity index (χ2v) is 5.69. The fourth-order valence-corrected chi connectivity index (χ4v) is 2.68. The molecule has 0 bridgehead atoms. The van der Waals surface area contributed by atoms with Crippen molar-refractivity contribution in [1.29, 1.82) is 0 Å². The average molecular weight is 317 g/mol. The molecule has 0 fully saturated rings. The number of ether oxygens (including phenoxy) is 1. The van der Waals surface area contributed by atoms with E-state index >= 15 is 0 Å². The Morgan fingerprint density at radius 2 is 1.91 bits per heavy atom. The molecule has 2 rings (SSSR count). The minimum Gasteiger partial charge on any atom is -0.497 e. The highest BCUT2D eigenvalue weighted by atomic mass is 32.2. The van der Waals surface area contributed by atoms with Crippen LogP contribution in [0.1, 0.15) is 15.9 Å². The second kappa shape index (κ2) is 7.09. The van der Waals surface area contributed by atoms with Crippen molar-refractivity contribution in [3.63, 3.8) is 0 Å². The number of nitro benzene ring substituents is 1. The molecule has 2 aromatic carbocycles. The monoisotopic (exact) mass is 317 g/mol. The Kier molecular flexibility index (Phi) is 5.16. The molecule has 22 heavy (non-hydrogen) atoms. The van der Waals surface area contributed by atoms with Crippen molar-refractivity contribution >= 4 is 23.2 Å². The maximum atomic E-state index is 12.2. The first-order chi connectivity index (χ1) is 10.5. The molecule has 0 unspecified atom stereocenters. The first-order valence-corrected chi connectivity index (χ1v) is 7.55. The summed E-state index contributed by atoms with van der Waals surface area (Å²) in [6, 6.07) is 11.9. The lowest BCUT2D eigenvalue weighted by atomic mass is 10.1. The lowest BCUT2D eigenvalue weighted by Gasteiger charge is -2.04. The third kappa shape index (κ3) is 3.85. The Bertz CT molecular complexity index is 698. The fraction of sp³-hybridized carbons (Fsp3) is 0.188. The number of carbonyl (C=O) groups is 1. The van der Waals surface area contributed by atoms with Gasteiger partial charge in [-0.15, -0.1) is 11.8 Å². The Balaban J connectivity index is 2.05. The summed E-state index contributed by atoms with van der Waals surface area (Å²) in [4.78, 5) is 23.5. The highest BCUT2D eigenvalue weighted by Crippen LogP contribution is 2.24. The Hall–Kier alpha value is -2.34. The summed E-state index contributed by atoms with van der Waals surface area (Å²) in [5.41, 5.74) is 0.878. The van der Waals surface area contributed by atoms with Crippen molar-refractivity contribution in [2.75, 3.05) is 12.9 Å². The van der Waals surface area contributed by atoms with Gasteiger partial charge in [0.05, 0.1) is 17.8 Å². The summed E-state index contributed by atoms with van der Waals surface area (Å²) in [5, 5.41) is 10.9. The second-order valence-electron chi connectivity index (χ2n) is 4.65. The van der Waals surface area contributed by atoms with Gasteiger partial charge < -0.3 is 4.74 Å². The van der Waals surface area contributed by atoms with E-state index in [0.29, 0.717) is 11.1 Å². The van der Waals surface area contributed by atoms with Gasteiger partial charge in [0.2, 0.25) is 0 Å². The van der Waals surface area contributed by atoms with Crippen LogP contribution in [-0.4, -0.2) is 23.6 Å². The van der Waals surface area contributed by atoms with Crippen LogP contribution in [0.5, 0.6) is 5.75 Å². The molecule has 0 amide bonds. The van der Waals surface area contributed by atoms with Crippen LogP contribution in [0.4, 0.5) is 5.69 Å². The zero-order valence-corrected chi connectivity index (χ0v) is 13.1. The molecule has 0 spiro atoms. The van der Waals surface area contributed by atoms with Crippen molar-refractivity contribution in [2.45, 2.75) is 11.8 Å². The normalized spacial score (nSPS) is 10.3. The minimum absolute atomic E-state index is 0.0275. The van der Waals surface area contributed by atoms with E-state index in [2.05, 4.69) is 0 Å². The zero-order valence-electron chi connectivity index (χ0n) is 12.2. The average Bonchev–Trinajstić information content (AvgIpc) is 2.53. The van der Waals surface area contributed by atoms with Gasteiger partial charge in [-0.3, -0.25) is 14.9 Å². The van der Waals surface area contributed by atoms with E-state index in [1.807, 2.05) is 24.3 Å². The molecule has 0 heterocycles. The van der Waals surface area contributed by atoms with Crippen LogP contribution >= 0.6 is 11.8 Å². The van der Waals surface area contributed by atoms with Gasteiger partial charge in [0, 0.05) is 22.1 Å². The molecule has 0 aliphatic carbocycles. The summed E-state index contributed by atoms with van der Waals surface area (Å²) in [5.74, 6) is 0.848.